The fourth-order valence-electron chi connectivity index (χ4n) is 8.15. The summed E-state index contributed by atoms with van der Waals surface area (Å²) in [5, 5.41) is 6.83. The molecule has 3 heteroatoms. The van der Waals surface area contributed by atoms with Gasteiger partial charge in [0, 0.05) is 49.6 Å². The molecule has 2 heterocycles. The van der Waals surface area contributed by atoms with E-state index in [0.29, 0.717) is 0 Å². The third-order valence-corrected chi connectivity index (χ3v) is 10.9. The molecule has 0 bridgehead atoms. The van der Waals surface area contributed by atoms with Crippen molar-refractivity contribution in [1.82, 2.24) is 0 Å². The highest BCUT2D eigenvalue weighted by Crippen LogP contribution is 2.41. The Morgan fingerprint density at radius 2 is 0.818 bits per heavy atom. The van der Waals surface area contributed by atoms with Gasteiger partial charge in [-0.05, 0) is 93.9 Å². The maximum Gasteiger partial charge on any atom is 0.143 e. The zero-order valence-corrected chi connectivity index (χ0v) is 29.8. The van der Waals surface area contributed by atoms with E-state index in [1.54, 1.807) is 0 Å². The molecule has 0 atom stereocenters. The van der Waals surface area contributed by atoms with Crippen molar-refractivity contribution in [3.8, 4) is 33.4 Å². The van der Waals surface area contributed by atoms with E-state index in [4.69, 9.17) is 8.83 Å². The van der Waals surface area contributed by atoms with Crippen LogP contribution in [-0.4, -0.2) is 0 Å². The lowest BCUT2D eigenvalue weighted by Crippen LogP contribution is -2.10. The zero-order chi connectivity index (χ0) is 36.3. The summed E-state index contributed by atoms with van der Waals surface area (Å²) in [6.07, 6.45) is 0. The van der Waals surface area contributed by atoms with Gasteiger partial charge in [0.05, 0.1) is 0 Å². The van der Waals surface area contributed by atoms with Crippen LogP contribution < -0.4 is 4.90 Å². The van der Waals surface area contributed by atoms with Gasteiger partial charge in [-0.3, -0.25) is 0 Å². The minimum Gasteiger partial charge on any atom is -0.455 e. The van der Waals surface area contributed by atoms with Crippen molar-refractivity contribution >= 4 is 71.7 Å². The van der Waals surface area contributed by atoms with Gasteiger partial charge >= 0.3 is 0 Å². The number of anilines is 3. The number of para-hydroxylation sites is 3. The number of fused-ring (bicyclic) bond motifs is 8. The van der Waals surface area contributed by atoms with Gasteiger partial charge in [-0.25, -0.2) is 0 Å². The van der Waals surface area contributed by atoms with Crippen LogP contribution in [0, 0.1) is 0 Å². The molecule has 11 aromatic rings. The van der Waals surface area contributed by atoms with E-state index in [-0.39, 0.29) is 0 Å². The average Bonchev–Trinajstić information content (AvgIpc) is 3.84. The predicted octanol–water partition coefficient (Wildman–Crippen LogP) is 15.1. The van der Waals surface area contributed by atoms with Crippen LogP contribution in [0.1, 0.15) is 0 Å². The highest BCUT2D eigenvalue weighted by Gasteiger charge is 2.17. The van der Waals surface area contributed by atoms with Crippen LogP contribution in [0.5, 0.6) is 0 Å². The van der Waals surface area contributed by atoms with E-state index >= 15 is 0 Å². The fraction of sp³-hybridized carbons (Fsp3) is 0. The molecule has 2 aromatic heterocycles. The van der Waals surface area contributed by atoms with E-state index in [9.17, 15) is 0 Å². The SMILES string of the molecule is c1ccc(-c2cccc(N(c3ccc(-c4ccc5ccc6c7ccccc7oc6c5c4)cc3)c3ccc(-c4cccc5c4oc4ccccc45)cc3)c2)cc1. The molecule has 0 aliphatic carbocycles. The van der Waals surface area contributed by atoms with Crippen LogP contribution in [0.4, 0.5) is 17.1 Å². The quantitative estimate of drug-likeness (QED) is 0.173. The minimum absolute atomic E-state index is 0.904. The molecular weight excluding hydrogens is 671 g/mol. The Balaban J connectivity index is 1.00. The molecule has 11 rings (SSSR count). The maximum absolute atomic E-state index is 6.41. The van der Waals surface area contributed by atoms with Gasteiger partial charge in [0.15, 0.2) is 0 Å². The number of nitrogens with zero attached hydrogens (tertiary/aromatic N) is 1. The topological polar surface area (TPSA) is 29.5 Å². The van der Waals surface area contributed by atoms with Crippen molar-refractivity contribution in [3.05, 3.63) is 200 Å². The molecule has 0 saturated heterocycles. The third-order valence-electron chi connectivity index (χ3n) is 10.9. The summed E-state index contributed by atoms with van der Waals surface area (Å²) in [5.41, 5.74) is 13.7. The summed E-state index contributed by atoms with van der Waals surface area (Å²) >= 11 is 0. The monoisotopic (exact) mass is 703 g/mol. The van der Waals surface area contributed by atoms with E-state index in [1.165, 1.54) is 11.1 Å². The summed E-state index contributed by atoms with van der Waals surface area (Å²) < 4.78 is 12.8. The second-order valence-corrected chi connectivity index (χ2v) is 14.1. The summed E-state index contributed by atoms with van der Waals surface area (Å²) in [5.74, 6) is 0. The molecule has 0 amide bonds. The van der Waals surface area contributed by atoms with E-state index in [2.05, 4.69) is 181 Å². The normalized spacial score (nSPS) is 11.6. The van der Waals surface area contributed by atoms with Crippen molar-refractivity contribution in [2.24, 2.45) is 0 Å². The lowest BCUT2D eigenvalue weighted by Gasteiger charge is -2.26. The molecule has 55 heavy (non-hydrogen) atoms. The molecular formula is C52H33NO2. The highest BCUT2D eigenvalue weighted by molar-refractivity contribution is 6.15. The number of rotatable bonds is 6. The molecule has 0 N–H and O–H groups in total. The van der Waals surface area contributed by atoms with Crippen LogP contribution in [0.2, 0.25) is 0 Å². The first-order chi connectivity index (χ1) is 27.2. The van der Waals surface area contributed by atoms with Crippen molar-refractivity contribution in [2.75, 3.05) is 4.90 Å². The first-order valence-corrected chi connectivity index (χ1v) is 18.7. The molecule has 0 aliphatic rings. The Kier molecular flexibility index (Phi) is 7.17. The van der Waals surface area contributed by atoms with Gasteiger partial charge in [0.1, 0.15) is 22.3 Å². The zero-order valence-electron chi connectivity index (χ0n) is 29.8. The Morgan fingerprint density at radius 3 is 1.56 bits per heavy atom. The number of hydrogen-bond donors (Lipinski definition) is 0. The Hall–Kier alpha value is -7.36. The molecule has 0 radical (unpaired) electrons. The fourth-order valence-corrected chi connectivity index (χ4v) is 8.15. The van der Waals surface area contributed by atoms with Crippen LogP contribution in [-0.2, 0) is 0 Å². The van der Waals surface area contributed by atoms with Gasteiger partial charge in [-0.15, -0.1) is 0 Å². The molecule has 3 nitrogen and oxygen atoms in total. The van der Waals surface area contributed by atoms with Crippen LogP contribution in [0.25, 0.3) is 88.0 Å². The molecule has 0 fully saturated rings. The van der Waals surface area contributed by atoms with Gasteiger partial charge in [0.25, 0.3) is 0 Å². The summed E-state index contributed by atoms with van der Waals surface area (Å²) in [4.78, 5) is 2.33. The molecule has 0 aliphatic heterocycles. The Labute approximate surface area is 317 Å². The maximum atomic E-state index is 6.41. The smallest absolute Gasteiger partial charge is 0.143 e. The van der Waals surface area contributed by atoms with Crippen molar-refractivity contribution in [3.63, 3.8) is 0 Å². The van der Waals surface area contributed by atoms with E-state index in [0.717, 1.165) is 94.0 Å². The Bertz CT molecular complexity index is 3190. The van der Waals surface area contributed by atoms with Crippen LogP contribution in [0.3, 0.4) is 0 Å². The first kappa shape index (κ1) is 31.2. The van der Waals surface area contributed by atoms with Gasteiger partial charge in [-0.2, -0.15) is 0 Å². The standard InChI is InChI=1S/C52H33NO2/c1-2-10-34(11-3-1)38-12-8-13-42(32-38)53(41-29-24-36(25-30-41)43-16-9-17-46-44-14-4-6-18-49(44)54-51(43)46)40-27-22-35(23-28-40)39-21-20-37-26-31-47-45-15-5-7-19-50(45)55-52(47)48(37)33-39/h1-33H. The van der Waals surface area contributed by atoms with Crippen molar-refractivity contribution in [2.45, 2.75) is 0 Å². The lowest BCUT2D eigenvalue weighted by atomic mass is 9.99. The largest absolute Gasteiger partial charge is 0.455 e. The van der Waals surface area contributed by atoms with Gasteiger partial charge < -0.3 is 13.7 Å². The molecule has 0 spiro atoms. The predicted molar refractivity (Wildman–Crippen MR) is 229 cm³/mol. The van der Waals surface area contributed by atoms with Crippen molar-refractivity contribution in [1.29, 1.82) is 0 Å². The number of benzene rings is 9. The second kappa shape index (κ2) is 12.6. The van der Waals surface area contributed by atoms with Gasteiger partial charge in [-0.1, -0.05) is 140 Å². The van der Waals surface area contributed by atoms with E-state index in [1.807, 2.05) is 24.3 Å². The summed E-state index contributed by atoms with van der Waals surface area (Å²) in [6.45, 7) is 0. The second-order valence-electron chi connectivity index (χ2n) is 14.1. The van der Waals surface area contributed by atoms with Crippen LogP contribution >= 0.6 is 0 Å². The van der Waals surface area contributed by atoms with Gasteiger partial charge in [0.2, 0.25) is 0 Å². The third kappa shape index (κ3) is 5.28. The average molecular weight is 704 g/mol. The summed E-state index contributed by atoms with van der Waals surface area (Å²) in [7, 11) is 0. The molecule has 0 unspecified atom stereocenters. The lowest BCUT2D eigenvalue weighted by molar-refractivity contribution is 0.670. The minimum atomic E-state index is 0.904. The number of hydrogen-bond acceptors (Lipinski definition) is 3. The molecule has 0 saturated carbocycles. The number of furan rings is 2. The molecule has 258 valence electrons. The first-order valence-electron chi connectivity index (χ1n) is 18.7. The summed E-state index contributed by atoms with van der Waals surface area (Å²) in [6, 6.07) is 71.0. The Morgan fingerprint density at radius 1 is 0.291 bits per heavy atom. The van der Waals surface area contributed by atoms with Crippen LogP contribution in [0.15, 0.2) is 209 Å². The van der Waals surface area contributed by atoms with Crippen molar-refractivity contribution < 1.29 is 8.83 Å². The van der Waals surface area contributed by atoms with E-state index < -0.39 is 0 Å². The highest BCUT2D eigenvalue weighted by atomic mass is 16.3. The molecule has 9 aromatic carbocycles.